The Morgan fingerprint density at radius 1 is 0.950 bits per heavy atom. The van der Waals surface area contributed by atoms with E-state index in [2.05, 4.69) is 15.0 Å². The van der Waals surface area contributed by atoms with Crippen LogP contribution < -0.4 is 0 Å². The fraction of sp³-hybridized carbons (Fsp3) is 0. The van der Waals surface area contributed by atoms with Crippen molar-refractivity contribution in [1.29, 1.82) is 0 Å². The Bertz CT molecular complexity index is 939. The molecule has 0 fully saturated rings. The highest BCUT2D eigenvalue weighted by Crippen LogP contribution is 2.20. The summed E-state index contributed by atoms with van der Waals surface area (Å²) >= 11 is 0. The first-order chi connectivity index (χ1) is 9.70. The largest absolute Gasteiger partial charge is 0.323 e. The van der Waals surface area contributed by atoms with E-state index in [0.29, 0.717) is 22.5 Å². The third-order valence-electron chi connectivity index (χ3n) is 3.17. The van der Waals surface area contributed by atoms with E-state index in [1.165, 1.54) is 24.3 Å². The molecule has 1 N–H and O–H groups in total. The molecule has 0 amide bonds. The summed E-state index contributed by atoms with van der Waals surface area (Å²) in [5, 5.41) is 0. The number of hydrogen-bond acceptors (Lipinski definition) is 2. The fourth-order valence-electron chi connectivity index (χ4n) is 2.24. The molecule has 4 rings (SSSR count). The number of rotatable bonds is 1. The van der Waals surface area contributed by atoms with Crippen molar-refractivity contribution in [3.8, 4) is 5.95 Å². The Kier molecular flexibility index (Phi) is 2.14. The number of imidazole rings is 2. The summed E-state index contributed by atoms with van der Waals surface area (Å²) < 4.78 is 28.0. The molecule has 2 heterocycles. The zero-order chi connectivity index (χ0) is 13.7. The molecule has 2 aromatic carbocycles. The Balaban J connectivity index is 1.96. The van der Waals surface area contributed by atoms with Gasteiger partial charge < -0.3 is 4.98 Å². The van der Waals surface area contributed by atoms with Gasteiger partial charge in [-0.1, -0.05) is 0 Å². The Hall–Kier alpha value is -2.76. The highest BCUT2D eigenvalue weighted by Gasteiger charge is 2.10. The molecule has 0 saturated carbocycles. The van der Waals surface area contributed by atoms with Crippen LogP contribution in [0.4, 0.5) is 8.78 Å². The summed E-state index contributed by atoms with van der Waals surface area (Å²) in [6, 6.07) is 8.69. The highest BCUT2D eigenvalue weighted by atomic mass is 19.1. The predicted octanol–water partition coefficient (Wildman–Crippen LogP) is 3.18. The second-order valence-corrected chi connectivity index (χ2v) is 4.47. The summed E-state index contributed by atoms with van der Waals surface area (Å²) in [6.07, 6.45) is 1.55. The van der Waals surface area contributed by atoms with Gasteiger partial charge in [-0.25, -0.2) is 18.7 Å². The molecule has 4 aromatic rings. The molecule has 0 saturated heterocycles. The molecule has 0 aliphatic carbocycles. The molecule has 4 nitrogen and oxygen atoms in total. The van der Waals surface area contributed by atoms with Gasteiger partial charge in [-0.05, 0) is 30.3 Å². The van der Waals surface area contributed by atoms with Crippen LogP contribution in [0.25, 0.3) is 28.0 Å². The molecule has 0 spiro atoms. The summed E-state index contributed by atoms with van der Waals surface area (Å²) in [7, 11) is 0. The van der Waals surface area contributed by atoms with Crippen LogP contribution >= 0.6 is 0 Å². The van der Waals surface area contributed by atoms with Crippen LogP contribution in [-0.4, -0.2) is 19.5 Å². The number of benzene rings is 2. The molecule has 98 valence electrons. The maximum Gasteiger partial charge on any atom is 0.213 e. The van der Waals surface area contributed by atoms with Gasteiger partial charge in [-0.15, -0.1) is 0 Å². The molecule has 20 heavy (non-hydrogen) atoms. The van der Waals surface area contributed by atoms with Crippen molar-refractivity contribution >= 4 is 22.1 Å². The van der Waals surface area contributed by atoms with Gasteiger partial charge in [0.05, 0.1) is 22.1 Å². The third kappa shape index (κ3) is 1.58. The standard InChI is InChI=1S/C14H8F2N4/c15-8-1-3-10-11(5-8)19-14(18-10)20-7-17-12-6-9(16)2-4-13(12)20/h1-7H,(H,18,19). The molecular formula is C14H8F2N4. The van der Waals surface area contributed by atoms with Gasteiger partial charge in [0.1, 0.15) is 18.0 Å². The quantitative estimate of drug-likeness (QED) is 0.577. The van der Waals surface area contributed by atoms with E-state index in [1.807, 2.05) is 0 Å². The minimum Gasteiger partial charge on any atom is -0.323 e. The van der Waals surface area contributed by atoms with Crippen LogP contribution in [0.5, 0.6) is 0 Å². The van der Waals surface area contributed by atoms with Crippen LogP contribution in [0.2, 0.25) is 0 Å². The van der Waals surface area contributed by atoms with Gasteiger partial charge in [-0.3, -0.25) is 4.57 Å². The van der Waals surface area contributed by atoms with Crippen LogP contribution in [0.1, 0.15) is 0 Å². The number of halogens is 2. The van der Waals surface area contributed by atoms with Crippen molar-refractivity contribution in [2.45, 2.75) is 0 Å². The number of hydrogen-bond donors (Lipinski definition) is 1. The summed E-state index contributed by atoms with van der Waals surface area (Å²) in [5.74, 6) is -0.153. The minimum atomic E-state index is -0.338. The smallest absolute Gasteiger partial charge is 0.213 e. The van der Waals surface area contributed by atoms with E-state index in [4.69, 9.17) is 0 Å². The average molecular weight is 270 g/mol. The first-order valence-electron chi connectivity index (χ1n) is 5.99. The van der Waals surface area contributed by atoms with Crippen molar-refractivity contribution in [3.05, 3.63) is 54.4 Å². The third-order valence-corrected chi connectivity index (χ3v) is 3.17. The monoisotopic (exact) mass is 270 g/mol. The SMILES string of the molecule is Fc1ccc2c(c1)ncn2-c1nc2ccc(F)cc2[nH]1. The Morgan fingerprint density at radius 2 is 1.75 bits per heavy atom. The molecule has 0 aliphatic rings. The number of nitrogens with one attached hydrogen (secondary N) is 1. The Morgan fingerprint density at radius 3 is 2.65 bits per heavy atom. The maximum absolute atomic E-state index is 13.2. The van der Waals surface area contributed by atoms with Gasteiger partial charge in [-0.2, -0.15) is 0 Å². The van der Waals surface area contributed by atoms with Crippen molar-refractivity contribution < 1.29 is 8.78 Å². The average Bonchev–Trinajstić information content (AvgIpc) is 3.00. The van der Waals surface area contributed by atoms with E-state index in [1.54, 1.807) is 23.0 Å². The number of H-pyrrole nitrogens is 1. The number of aromatic nitrogens is 4. The number of fused-ring (bicyclic) bond motifs is 2. The number of nitrogens with zero attached hydrogens (tertiary/aromatic N) is 3. The first kappa shape index (κ1) is 11.1. The van der Waals surface area contributed by atoms with Gasteiger partial charge in [0.2, 0.25) is 5.95 Å². The zero-order valence-corrected chi connectivity index (χ0v) is 10.1. The highest BCUT2D eigenvalue weighted by molar-refractivity contribution is 5.79. The van der Waals surface area contributed by atoms with E-state index >= 15 is 0 Å². The predicted molar refractivity (Wildman–Crippen MR) is 70.6 cm³/mol. The number of aromatic amines is 1. The molecule has 0 bridgehead atoms. The van der Waals surface area contributed by atoms with Crippen molar-refractivity contribution in [1.82, 2.24) is 19.5 Å². The second-order valence-electron chi connectivity index (χ2n) is 4.47. The van der Waals surface area contributed by atoms with E-state index in [-0.39, 0.29) is 11.6 Å². The lowest BCUT2D eigenvalue weighted by molar-refractivity contribution is 0.629. The minimum absolute atomic E-state index is 0.328. The summed E-state index contributed by atoms with van der Waals surface area (Å²) in [4.78, 5) is 11.5. The topological polar surface area (TPSA) is 46.5 Å². The maximum atomic E-state index is 13.2. The Labute approximate surface area is 111 Å². The first-order valence-corrected chi connectivity index (χ1v) is 5.99. The molecule has 0 aliphatic heterocycles. The molecule has 0 unspecified atom stereocenters. The molecular weight excluding hydrogens is 262 g/mol. The van der Waals surface area contributed by atoms with Crippen LogP contribution in [0.3, 0.4) is 0 Å². The van der Waals surface area contributed by atoms with Gasteiger partial charge in [0, 0.05) is 6.07 Å². The van der Waals surface area contributed by atoms with Crippen molar-refractivity contribution in [2.75, 3.05) is 0 Å². The summed E-state index contributed by atoms with van der Waals surface area (Å²) in [6.45, 7) is 0. The van der Waals surface area contributed by atoms with Crippen LogP contribution in [-0.2, 0) is 0 Å². The zero-order valence-electron chi connectivity index (χ0n) is 10.1. The fourth-order valence-corrected chi connectivity index (χ4v) is 2.24. The lowest BCUT2D eigenvalue weighted by Crippen LogP contribution is -1.94. The van der Waals surface area contributed by atoms with E-state index in [9.17, 15) is 8.78 Å². The van der Waals surface area contributed by atoms with Gasteiger partial charge in [0.25, 0.3) is 0 Å². The van der Waals surface area contributed by atoms with Crippen molar-refractivity contribution in [2.24, 2.45) is 0 Å². The lowest BCUT2D eigenvalue weighted by atomic mass is 10.3. The van der Waals surface area contributed by atoms with Crippen LogP contribution in [0, 0.1) is 11.6 Å². The lowest BCUT2D eigenvalue weighted by Gasteiger charge is -1.98. The molecule has 2 aromatic heterocycles. The second kappa shape index (κ2) is 3.86. The molecule has 0 atom stereocenters. The normalized spacial score (nSPS) is 11.5. The summed E-state index contributed by atoms with van der Waals surface area (Å²) in [5.41, 5.74) is 2.52. The van der Waals surface area contributed by atoms with Gasteiger partial charge >= 0.3 is 0 Å². The molecule has 0 radical (unpaired) electrons. The van der Waals surface area contributed by atoms with E-state index in [0.717, 1.165) is 5.52 Å². The van der Waals surface area contributed by atoms with E-state index < -0.39 is 0 Å². The molecule has 6 heteroatoms. The van der Waals surface area contributed by atoms with Crippen LogP contribution in [0.15, 0.2) is 42.7 Å². The van der Waals surface area contributed by atoms with Crippen molar-refractivity contribution in [3.63, 3.8) is 0 Å². The van der Waals surface area contributed by atoms with Gasteiger partial charge in [0.15, 0.2) is 0 Å².